The van der Waals surface area contributed by atoms with E-state index in [0.717, 1.165) is 17.0 Å². The summed E-state index contributed by atoms with van der Waals surface area (Å²) in [6, 6.07) is 5.72. The van der Waals surface area contributed by atoms with Gasteiger partial charge in [0.05, 0.1) is 16.5 Å². The Morgan fingerprint density at radius 3 is 2.54 bits per heavy atom. The first-order valence-electron chi connectivity index (χ1n) is 7.56. The zero-order chi connectivity index (χ0) is 17.7. The number of urea groups is 1. The van der Waals surface area contributed by atoms with Gasteiger partial charge in [-0.2, -0.15) is 0 Å². The molecule has 0 saturated carbocycles. The summed E-state index contributed by atoms with van der Waals surface area (Å²) in [6.45, 7) is 5.67. The van der Waals surface area contributed by atoms with Crippen LogP contribution in [0.3, 0.4) is 0 Å². The van der Waals surface area contributed by atoms with E-state index in [9.17, 15) is 14.9 Å². The molecule has 0 radical (unpaired) electrons. The van der Waals surface area contributed by atoms with E-state index in [1.54, 1.807) is 18.3 Å². The molecule has 2 amide bonds. The highest BCUT2D eigenvalue weighted by molar-refractivity contribution is 7.09. The molecule has 7 nitrogen and oxygen atoms in total. The normalized spacial score (nSPS) is 12.5. The first-order valence-corrected chi connectivity index (χ1v) is 8.44. The molecule has 1 atom stereocenters. The molecule has 8 heteroatoms. The summed E-state index contributed by atoms with van der Waals surface area (Å²) < 4.78 is 0. The number of nitrogens with one attached hydrogen (secondary N) is 2. The molecular weight excluding hydrogens is 328 g/mol. The summed E-state index contributed by atoms with van der Waals surface area (Å²) >= 11 is 1.50. The van der Waals surface area contributed by atoms with Gasteiger partial charge in [-0.15, -0.1) is 11.3 Å². The third-order valence-electron chi connectivity index (χ3n) is 3.69. The van der Waals surface area contributed by atoms with Crippen molar-refractivity contribution in [1.29, 1.82) is 0 Å². The fourth-order valence-corrected chi connectivity index (χ4v) is 3.07. The zero-order valence-corrected chi connectivity index (χ0v) is 14.6. The zero-order valence-electron chi connectivity index (χ0n) is 13.8. The van der Waals surface area contributed by atoms with Gasteiger partial charge in [0.15, 0.2) is 0 Å². The lowest BCUT2D eigenvalue weighted by molar-refractivity contribution is -0.384. The number of nitro groups is 1. The number of nitro benzene ring substituents is 1. The first-order chi connectivity index (χ1) is 11.3. The largest absolute Gasteiger partial charge is 0.329 e. The van der Waals surface area contributed by atoms with Gasteiger partial charge in [-0.05, 0) is 38.0 Å². The topological polar surface area (TPSA) is 97.2 Å². The van der Waals surface area contributed by atoms with Gasteiger partial charge < -0.3 is 10.6 Å². The van der Waals surface area contributed by atoms with Gasteiger partial charge in [-0.1, -0.05) is 6.92 Å². The lowest BCUT2D eigenvalue weighted by atomic mass is 9.94. The lowest BCUT2D eigenvalue weighted by Gasteiger charge is -2.28. The number of carbonyl (C=O) groups excluding carboxylic acids is 1. The average molecular weight is 348 g/mol. The Labute approximate surface area is 144 Å². The second-order valence-corrected chi connectivity index (χ2v) is 6.78. The van der Waals surface area contributed by atoms with Crippen LogP contribution in [0.4, 0.5) is 10.5 Å². The molecule has 2 N–H and O–H groups in total. The summed E-state index contributed by atoms with van der Waals surface area (Å²) in [5.74, 6) is 0. The number of aromatic nitrogens is 1. The molecule has 0 bridgehead atoms. The Hall–Kier alpha value is -2.48. The number of non-ortho nitro benzene ring substituents is 1. The number of carbonyl (C=O) groups is 1. The maximum Gasteiger partial charge on any atom is 0.316 e. The fourth-order valence-electron chi connectivity index (χ4n) is 2.30. The molecule has 0 aliphatic rings. The molecule has 0 aliphatic carbocycles. The second kappa shape index (κ2) is 7.39. The van der Waals surface area contributed by atoms with Gasteiger partial charge in [0.25, 0.3) is 5.69 Å². The van der Waals surface area contributed by atoms with Crippen molar-refractivity contribution in [2.24, 2.45) is 0 Å². The van der Waals surface area contributed by atoms with Crippen LogP contribution >= 0.6 is 11.3 Å². The van der Waals surface area contributed by atoms with E-state index in [0.29, 0.717) is 0 Å². The molecule has 2 rings (SSSR count). The monoisotopic (exact) mass is 348 g/mol. The summed E-state index contributed by atoms with van der Waals surface area (Å²) in [5.41, 5.74) is 0.139. The summed E-state index contributed by atoms with van der Waals surface area (Å²) in [5, 5.41) is 19.3. The molecule has 24 heavy (non-hydrogen) atoms. The molecule has 1 aromatic heterocycles. The minimum absolute atomic E-state index is 0.0221. The van der Waals surface area contributed by atoms with E-state index < -0.39 is 10.5 Å². The van der Waals surface area contributed by atoms with Gasteiger partial charge in [0.1, 0.15) is 5.01 Å². The van der Waals surface area contributed by atoms with Crippen LogP contribution < -0.4 is 10.6 Å². The molecule has 2 aromatic rings. The average Bonchev–Trinajstić information content (AvgIpc) is 3.06. The van der Waals surface area contributed by atoms with Gasteiger partial charge in [0, 0.05) is 23.7 Å². The molecule has 0 aliphatic heterocycles. The van der Waals surface area contributed by atoms with Crippen molar-refractivity contribution in [3.63, 3.8) is 0 Å². The first kappa shape index (κ1) is 17.9. The SMILES string of the molecule is CCC(NC(=O)NC(C)(C)c1ccc([N+](=O)[O-])cc1)c1nccs1. The second-order valence-electron chi connectivity index (χ2n) is 5.86. The van der Waals surface area contributed by atoms with Gasteiger partial charge >= 0.3 is 6.03 Å². The smallest absolute Gasteiger partial charge is 0.316 e. The van der Waals surface area contributed by atoms with Crippen molar-refractivity contribution in [3.8, 4) is 0 Å². The third kappa shape index (κ3) is 4.29. The number of amides is 2. The van der Waals surface area contributed by atoms with Crippen LogP contribution in [-0.4, -0.2) is 15.9 Å². The van der Waals surface area contributed by atoms with Gasteiger partial charge in [-0.25, -0.2) is 9.78 Å². The number of thiazole rings is 1. The Morgan fingerprint density at radius 2 is 2.04 bits per heavy atom. The molecular formula is C16H20N4O3S. The van der Waals surface area contributed by atoms with Crippen LogP contribution in [0.1, 0.15) is 43.8 Å². The molecule has 128 valence electrons. The van der Waals surface area contributed by atoms with E-state index in [1.165, 1.54) is 23.5 Å². The van der Waals surface area contributed by atoms with Gasteiger partial charge in [-0.3, -0.25) is 10.1 Å². The molecule has 1 heterocycles. The highest BCUT2D eigenvalue weighted by Gasteiger charge is 2.25. The predicted octanol–water partition coefficient (Wildman–Crippen LogP) is 3.74. The van der Waals surface area contributed by atoms with Crippen molar-refractivity contribution in [2.45, 2.75) is 38.8 Å². The minimum atomic E-state index is -0.666. The quantitative estimate of drug-likeness (QED) is 0.614. The Bertz CT molecular complexity index is 699. The fraction of sp³-hybridized carbons (Fsp3) is 0.375. The number of nitrogens with zero attached hydrogens (tertiary/aromatic N) is 2. The van der Waals surface area contributed by atoms with Crippen LogP contribution in [0.5, 0.6) is 0 Å². The van der Waals surface area contributed by atoms with Crippen molar-refractivity contribution in [3.05, 3.63) is 56.5 Å². The number of hydrogen-bond acceptors (Lipinski definition) is 5. The Morgan fingerprint density at radius 1 is 1.38 bits per heavy atom. The molecule has 0 spiro atoms. The number of benzene rings is 1. The summed E-state index contributed by atoms with van der Waals surface area (Å²) in [4.78, 5) is 26.8. The maximum atomic E-state index is 12.3. The van der Waals surface area contributed by atoms with E-state index in [2.05, 4.69) is 15.6 Å². The van der Waals surface area contributed by atoms with Crippen molar-refractivity contribution in [2.75, 3.05) is 0 Å². The van der Waals surface area contributed by atoms with E-state index in [-0.39, 0.29) is 17.8 Å². The van der Waals surface area contributed by atoms with Crippen LogP contribution in [0.25, 0.3) is 0 Å². The highest BCUT2D eigenvalue weighted by Crippen LogP contribution is 2.23. The van der Waals surface area contributed by atoms with Crippen LogP contribution in [0.15, 0.2) is 35.8 Å². The molecule has 1 unspecified atom stereocenters. The van der Waals surface area contributed by atoms with Crippen molar-refractivity contribution >= 4 is 23.1 Å². The predicted molar refractivity (Wildman–Crippen MR) is 92.9 cm³/mol. The number of rotatable bonds is 6. The Balaban J connectivity index is 2.04. The van der Waals surface area contributed by atoms with E-state index in [4.69, 9.17) is 0 Å². The maximum absolute atomic E-state index is 12.3. The lowest BCUT2D eigenvalue weighted by Crippen LogP contribution is -2.47. The van der Waals surface area contributed by atoms with E-state index >= 15 is 0 Å². The minimum Gasteiger partial charge on any atom is -0.329 e. The summed E-state index contributed by atoms with van der Waals surface area (Å²) in [7, 11) is 0. The van der Waals surface area contributed by atoms with Crippen LogP contribution in [0.2, 0.25) is 0 Å². The standard InChI is InChI=1S/C16H20N4O3S/c1-4-13(14-17-9-10-24-14)18-15(21)19-16(2,3)11-5-7-12(8-6-11)20(22)23/h5-10,13H,4H2,1-3H3,(H2,18,19,21). The third-order valence-corrected chi connectivity index (χ3v) is 4.58. The molecule has 1 aromatic carbocycles. The van der Waals surface area contributed by atoms with Crippen molar-refractivity contribution in [1.82, 2.24) is 15.6 Å². The van der Waals surface area contributed by atoms with Crippen LogP contribution in [0, 0.1) is 10.1 Å². The van der Waals surface area contributed by atoms with Crippen LogP contribution in [-0.2, 0) is 5.54 Å². The Kier molecular flexibility index (Phi) is 5.50. The molecule has 0 fully saturated rings. The molecule has 0 saturated heterocycles. The van der Waals surface area contributed by atoms with Gasteiger partial charge in [0.2, 0.25) is 0 Å². The van der Waals surface area contributed by atoms with Crippen molar-refractivity contribution < 1.29 is 9.72 Å². The van der Waals surface area contributed by atoms with E-state index in [1.807, 2.05) is 26.2 Å². The highest BCUT2D eigenvalue weighted by atomic mass is 32.1. The summed E-state index contributed by atoms with van der Waals surface area (Å²) in [6.07, 6.45) is 2.45. The number of hydrogen-bond donors (Lipinski definition) is 2.